The smallest absolute Gasteiger partial charge is 0.410 e. The number of sulfonamides is 1. The standard InChI is InChI=1S/C36H43Cl2N5O9S2/c1-35(2,3)52-33(47)39-26-13-8-6-4-5-7-11-22-17-36(22,32(46)41-54(49,50)29-15-14-28(38)53-29)40-30(44)27-16-23(19-43(27)31(26)45)51-34(48)42-18-21-10-9-12-25(37)24(21)20-42/h7,9-12,14-15,22-23,26-27H,4-6,8,13,16-20H2,1-3H3,(H,39,47)(H,40,44)(H,41,46)/b11-7-. The van der Waals surface area contributed by atoms with Crippen LogP contribution >= 0.6 is 34.5 Å². The monoisotopic (exact) mass is 823 g/mol. The summed E-state index contributed by atoms with van der Waals surface area (Å²) in [5, 5.41) is 5.99. The summed E-state index contributed by atoms with van der Waals surface area (Å²) in [4.78, 5) is 71.6. The summed E-state index contributed by atoms with van der Waals surface area (Å²) in [6.07, 6.45) is 4.21. The van der Waals surface area contributed by atoms with Gasteiger partial charge in [-0.2, -0.15) is 0 Å². The van der Waals surface area contributed by atoms with Crippen LogP contribution in [0.4, 0.5) is 9.59 Å². The van der Waals surface area contributed by atoms with Crippen LogP contribution in [0.25, 0.3) is 0 Å². The van der Waals surface area contributed by atoms with Crippen LogP contribution in [0.3, 0.4) is 0 Å². The van der Waals surface area contributed by atoms with Gasteiger partial charge in [-0.1, -0.05) is 60.3 Å². The second-order valence-electron chi connectivity index (χ2n) is 15.0. The molecule has 5 amide bonds. The normalized spacial score (nSPS) is 26.6. The number of halogens is 2. The molecular formula is C36H43Cl2N5O9S2. The summed E-state index contributed by atoms with van der Waals surface area (Å²) in [5.74, 6) is -2.79. The van der Waals surface area contributed by atoms with Crippen molar-refractivity contribution < 1.29 is 41.9 Å². The van der Waals surface area contributed by atoms with Crippen LogP contribution in [0.5, 0.6) is 0 Å². The Morgan fingerprint density at radius 3 is 2.54 bits per heavy atom. The second-order valence-corrected chi connectivity index (χ2v) is 19.0. The van der Waals surface area contributed by atoms with Crippen molar-refractivity contribution in [2.75, 3.05) is 6.54 Å². The Kier molecular flexibility index (Phi) is 11.6. The van der Waals surface area contributed by atoms with E-state index in [1.807, 2.05) is 12.1 Å². The third-order valence-electron chi connectivity index (χ3n) is 9.83. The first-order valence-corrected chi connectivity index (χ1v) is 20.8. The third-order valence-corrected chi connectivity index (χ3v) is 13.2. The Labute approximate surface area is 327 Å². The molecular weight excluding hydrogens is 781 g/mol. The highest BCUT2D eigenvalue weighted by molar-refractivity contribution is 7.92. The zero-order valence-corrected chi connectivity index (χ0v) is 33.2. The number of hydrogen-bond donors (Lipinski definition) is 3. The highest BCUT2D eigenvalue weighted by Gasteiger charge is 2.62. The lowest BCUT2D eigenvalue weighted by Crippen LogP contribution is -2.58. The van der Waals surface area contributed by atoms with E-state index in [0.29, 0.717) is 24.3 Å². The van der Waals surface area contributed by atoms with Gasteiger partial charge in [-0.25, -0.2) is 22.7 Å². The summed E-state index contributed by atoms with van der Waals surface area (Å²) < 4.78 is 39.8. The van der Waals surface area contributed by atoms with Gasteiger partial charge in [0.05, 0.1) is 17.4 Å². The quantitative estimate of drug-likeness (QED) is 0.339. The van der Waals surface area contributed by atoms with E-state index in [1.54, 1.807) is 39.0 Å². The molecule has 1 aromatic heterocycles. The van der Waals surface area contributed by atoms with Crippen LogP contribution in [-0.2, 0) is 47.0 Å². The molecule has 1 saturated heterocycles. The minimum atomic E-state index is -4.32. The van der Waals surface area contributed by atoms with Crippen molar-refractivity contribution in [3.63, 3.8) is 0 Å². The van der Waals surface area contributed by atoms with E-state index in [4.69, 9.17) is 32.7 Å². The SMILES string of the molecule is CC(C)(C)OC(=O)NC1CCCCC/C=C\C2CC2(C(=O)NS(=O)(=O)c2ccc(Cl)s2)NC(=O)C2CC(OC(=O)N3Cc4cccc(Cl)c4C3)CN2C1=O. The molecule has 6 rings (SSSR count). The summed E-state index contributed by atoms with van der Waals surface area (Å²) in [6.45, 7) is 5.41. The van der Waals surface area contributed by atoms with Crippen molar-refractivity contribution in [2.24, 2.45) is 5.92 Å². The number of carbonyl (C=O) groups is 5. The van der Waals surface area contributed by atoms with Gasteiger partial charge in [0, 0.05) is 23.9 Å². The van der Waals surface area contributed by atoms with E-state index in [-0.39, 0.29) is 47.4 Å². The number of rotatable bonds is 5. The van der Waals surface area contributed by atoms with Gasteiger partial charge in [0.15, 0.2) is 0 Å². The fourth-order valence-electron chi connectivity index (χ4n) is 7.05. The summed E-state index contributed by atoms with van der Waals surface area (Å²) >= 11 is 13.1. The molecule has 0 spiro atoms. The van der Waals surface area contributed by atoms with Crippen molar-refractivity contribution in [2.45, 2.75) is 112 Å². The Balaban J connectivity index is 1.26. The molecule has 4 heterocycles. The van der Waals surface area contributed by atoms with Crippen molar-refractivity contribution in [3.05, 3.63) is 63.0 Å². The molecule has 3 aliphatic heterocycles. The molecule has 2 fully saturated rings. The summed E-state index contributed by atoms with van der Waals surface area (Å²) in [7, 11) is -4.32. The number of alkyl carbamates (subject to hydrolysis) is 1. The first-order valence-electron chi connectivity index (χ1n) is 17.8. The molecule has 2 aromatic rings. The second kappa shape index (κ2) is 15.7. The van der Waals surface area contributed by atoms with E-state index in [1.165, 1.54) is 21.9 Å². The Bertz CT molecular complexity index is 1970. The van der Waals surface area contributed by atoms with Crippen molar-refractivity contribution in [1.82, 2.24) is 25.2 Å². The van der Waals surface area contributed by atoms with E-state index in [2.05, 4.69) is 15.4 Å². The zero-order chi connectivity index (χ0) is 39.0. The van der Waals surface area contributed by atoms with Gasteiger partial charge in [-0.05, 0) is 75.8 Å². The molecule has 3 N–H and O–H groups in total. The number of thiophene rings is 1. The van der Waals surface area contributed by atoms with Gasteiger partial charge in [-0.3, -0.25) is 19.3 Å². The van der Waals surface area contributed by atoms with Gasteiger partial charge >= 0.3 is 12.2 Å². The molecule has 18 heteroatoms. The minimum Gasteiger partial charge on any atom is -0.444 e. The molecule has 4 aliphatic rings. The number of benzene rings is 1. The first kappa shape index (κ1) is 39.8. The molecule has 5 unspecified atom stereocenters. The van der Waals surface area contributed by atoms with Crippen LogP contribution in [0, 0.1) is 5.92 Å². The summed E-state index contributed by atoms with van der Waals surface area (Å²) in [5.41, 5.74) is -0.792. The maximum Gasteiger partial charge on any atom is 0.410 e. The van der Waals surface area contributed by atoms with Gasteiger partial charge in [-0.15, -0.1) is 11.3 Å². The molecule has 14 nitrogen and oxygen atoms in total. The van der Waals surface area contributed by atoms with Crippen LogP contribution in [0.15, 0.2) is 46.7 Å². The number of nitrogens with one attached hydrogen (secondary N) is 3. The zero-order valence-electron chi connectivity index (χ0n) is 30.1. The molecule has 292 valence electrons. The Morgan fingerprint density at radius 1 is 1.06 bits per heavy atom. The third kappa shape index (κ3) is 8.98. The van der Waals surface area contributed by atoms with Gasteiger partial charge < -0.3 is 25.0 Å². The van der Waals surface area contributed by atoms with Crippen LogP contribution in [0.1, 0.15) is 76.8 Å². The first-order chi connectivity index (χ1) is 25.5. The maximum absolute atomic E-state index is 14.4. The lowest BCUT2D eigenvalue weighted by molar-refractivity contribution is -0.141. The average molecular weight is 825 g/mol. The Morgan fingerprint density at radius 2 is 1.83 bits per heavy atom. The largest absolute Gasteiger partial charge is 0.444 e. The Hall–Kier alpha value is -3.86. The number of nitrogens with zero attached hydrogens (tertiary/aromatic N) is 2. The minimum absolute atomic E-state index is 0.113. The van der Waals surface area contributed by atoms with E-state index < -0.39 is 75.2 Å². The van der Waals surface area contributed by atoms with Gasteiger partial charge in [0.25, 0.3) is 15.9 Å². The highest BCUT2D eigenvalue weighted by atomic mass is 35.5. The lowest BCUT2D eigenvalue weighted by Gasteiger charge is -2.30. The fraction of sp³-hybridized carbons (Fsp3) is 0.528. The maximum atomic E-state index is 14.4. The molecule has 1 aliphatic carbocycles. The molecule has 0 bridgehead atoms. The highest BCUT2D eigenvalue weighted by Crippen LogP contribution is 2.46. The lowest BCUT2D eigenvalue weighted by atomic mass is 10.0. The number of ether oxygens (including phenoxy) is 2. The van der Waals surface area contributed by atoms with E-state index in [0.717, 1.165) is 28.9 Å². The molecule has 5 atom stereocenters. The fourth-order valence-corrected chi connectivity index (χ4v) is 9.82. The topological polar surface area (TPSA) is 181 Å². The average Bonchev–Trinajstić information content (AvgIpc) is 3.46. The van der Waals surface area contributed by atoms with Crippen molar-refractivity contribution >= 4 is 74.5 Å². The van der Waals surface area contributed by atoms with Crippen LogP contribution in [0.2, 0.25) is 9.36 Å². The molecule has 0 radical (unpaired) electrons. The van der Waals surface area contributed by atoms with Crippen molar-refractivity contribution in [1.29, 1.82) is 0 Å². The van der Waals surface area contributed by atoms with Gasteiger partial charge in [0.2, 0.25) is 11.8 Å². The van der Waals surface area contributed by atoms with Crippen LogP contribution < -0.4 is 15.4 Å². The number of hydrogen-bond acceptors (Lipinski definition) is 10. The van der Waals surface area contributed by atoms with Gasteiger partial charge in [0.1, 0.15) is 33.5 Å². The predicted molar refractivity (Wildman–Crippen MR) is 200 cm³/mol. The number of amides is 5. The molecule has 1 saturated carbocycles. The number of allylic oxidation sites excluding steroid dienone is 1. The molecule has 1 aromatic carbocycles. The van der Waals surface area contributed by atoms with E-state index >= 15 is 0 Å². The van der Waals surface area contributed by atoms with Crippen molar-refractivity contribution in [3.8, 4) is 0 Å². The predicted octanol–water partition coefficient (Wildman–Crippen LogP) is 5.27. The molecule has 54 heavy (non-hydrogen) atoms. The van der Waals surface area contributed by atoms with E-state index in [9.17, 15) is 32.4 Å². The number of carbonyl (C=O) groups excluding carboxylic acids is 5. The summed E-state index contributed by atoms with van der Waals surface area (Å²) in [6, 6.07) is 5.77. The number of fused-ring (bicyclic) bond motifs is 3. The van der Waals surface area contributed by atoms with Crippen LogP contribution in [-0.4, -0.2) is 84.0 Å².